The van der Waals surface area contributed by atoms with Gasteiger partial charge in [0.25, 0.3) is 0 Å². The average Bonchev–Trinajstić information content (AvgIpc) is 2.43. The summed E-state index contributed by atoms with van der Waals surface area (Å²) in [6.07, 6.45) is 5.83. The summed E-state index contributed by atoms with van der Waals surface area (Å²) >= 11 is 0. The van der Waals surface area contributed by atoms with Crippen molar-refractivity contribution in [1.29, 1.82) is 0 Å². The molecule has 1 rings (SSSR count). The molecule has 5 heteroatoms. The van der Waals surface area contributed by atoms with E-state index in [4.69, 9.17) is 0 Å². The summed E-state index contributed by atoms with van der Waals surface area (Å²) in [6.45, 7) is 7.05. The predicted octanol–water partition coefficient (Wildman–Crippen LogP) is 1.21. The fourth-order valence-electron chi connectivity index (χ4n) is 2.39. The van der Waals surface area contributed by atoms with Crippen LogP contribution in [0, 0.1) is 0 Å². The van der Waals surface area contributed by atoms with E-state index in [1.807, 2.05) is 13.0 Å². The van der Waals surface area contributed by atoms with Crippen LogP contribution in [0.15, 0.2) is 36.5 Å². The van der Waals surface area contributed by atoms with Crippen molar-refractivity contribution in [3.05, 3.63) is 36.5 Å². The lowest BCUT2D eigenvalue weighted by atomic mass is 9.90. The van der Waals surface area contributed by atoms with Crippen LogP contribution in [-0.4, -0.2) is 45.1 Å². The lowest BCUT2D eigenvalue weighted by Gasteiger charge is -2.29. The second-order valence-electron chi connectivity index (χ2n) is 6.13. The predicted molar refractivity (Wildman–Crippen MR) is 86.1 cm³/mol. The topological polar surface area (TPSA) is 89.8 Å². The Morgan fingerprint density at radius 1 is 1.50 bits per heavy atom. The van der Waals surface area contributed by atoms with E-state index in [-0.39, 0.29) is 31.2 Å². The molecule has 1 amide bonds. The molecule has 0 radical (unpaired) electrons. The number of carbonyl (C=O) groups is 1. The zero-order valence-electron chi connectivity index (χ0n) is 13.3. The molecule has 4 N–H and O–H groups in total. The van der Waals surface area contributed by atoms with Gasteiger partial charge in [0, 0.05) is 0 Å². The molecule has 1 aliphatic heterocycles. The fourth-order valence-corrected chi connectivity index (χ4v) is 2.39. The van der Waals surface area contributed by atoms with Crippen LogP contribution in [0.2, 0.25) is 0 Å². The van der Waals surface area contributed by atoms with Crippen molar-refractivity contribution in [3.8, 4) is 0 Å². The van der Waals surface area contributed by atoms with Gasteiger partial charge in [0.05, 0.1) is 24.2 Å². The number of aliphatic hydroxyl groups excluding tert-OH is 2. The molecule has 1 heterocycles. The first-order valence-corrected chi connectivity index (χ1v) is 7.60. The summed E-state index contributed by atoms with van der Waals surface area (Å²) in [7, 11) is 0. The summed E-state index contributed by atoms with van der Waals surface area (Å²) in [4.78, 5) is 12.0. The van der Waals surface area contributed by atoms with Crippen molar-refractivity contribution >= 4 is 5.91 Å². The molecular formula is C17H27NO4. The zero-order valence-corrected chi connectivity index (χ0v) is 13.3. The van der Waals surface area contributed by atoms with Crippen LogP contribution in [-0.2, 0) is 4.79 Å². The fraction of sp³-hybridized carbons (Fsp3) is 0.588. The Hall–Kier alpha value is -1.43. The van der Waals surface area contributed by atoms with Crippen LogP contribution in [0.3, 0.4) is 0 Å². The van der Waals surface area contributed by atoms with Crippen LogP contribution >= 0.6 is 0 Å². The molecule has 5 nitrogen and oxygen atoms in total. The number of rotatable bonds is 2. The highest BCUT2D eigenvalue weighted by Crippen LogP contribution is 2.21. The molecule has 0 fully saturated rings. The van der Waals surface area contributed by atoms with E-state index in [2.05, 4.69) is 11.9 Å². The number of aliphatic hydroxyl groups is 3. The van der Waals surface area contributed by atoms with Gasteiger partial charge in [0.1, 0.15) is 6.10 Å². The molecule has 0 aromatic rings. The molecule has 0 bridgehead atoms. The molecule has 1 aliphatic rings. The van der Waals surface area contributed by atoms with Crippen LogP contribution < -0.4 is 5.32 Å². The maximum atomic E-state index is 12.0. The van der Waals surface area contributed by atoms with E-state index in [0.717, 1.165) is 5.57 Å². The quantitative estimate of drug-likeness (QED) is 0.456. The van der Waals surface area contributed by atoms with Crippen LogP contribution in [0.5, 0.6) is 0 Å². The van der Waals surface area contributed by atoms with Crippen molar-refractivity contribution in [1.82, 2.24) is 5.32 Å². The molecule has 0 unspecified atom stereocenters. The molecule has 0 spiro atoms. The van der Waals surface area contributed by atoms with E-state index in [1.165, 1.54) is 13.0 Å². The minimum atomic E-state index is -1.32. The summed E-state index contributed by atoms with van der Waals surface area (Å²) in [5, 5.41) is 33.1. The molecule has 0 saturated carbocycles. The van der Waals surface area contributed by atoms with Crippen molar-refractivity contribution in [2.45, 2.75) is 63.4 Å². The number of carbonyl (C=O) groups excluding carboxylic acids is 1. The van der Waals surface area contributed by atoms with Crippen molar-refractivity contribution in [3.63, 3.8) is 0 Å². The number of nitrogens with one attached hydrogen (secondary N) is 1. The molecule has 4 atom stereocenters. The van der Waals surface area contributed by atoms with E-state index < -0.39 is 17.8 Å². The maximum absolute atomic E-state index is 12.0. The van der Waals surface area contributed by atoms with Gasteiger partial charge >= 0.3 is 0 Å². The van der Waals surface area contributed by atoms with Crippen molar-refractivity contribution < 1.29 is 20.1 Å². The lowest BCUT2D eigenvalue weighted by molar-refractivity contribution is -0.124. The van der Waals surface area contributed by atoms with E-state index >= 15 is 0 Å². The Morgan fingerprint density at radius 3 is 2.82 bits per heavy atom. The van der Waals surface area contributed by atoms with Gasteiger partial charge in [-0.3, -0.25) is 4.79 Å². The molecule has 0 saturated heterocycles. The number of amides is 1. The van der Waals surface area contributed by atoms with Gasteiger partial charge in [-0.1, -0.05) is 36.5 Å². The molecule has 22 heavy (non-hydrogen) atoms. The standard InChI is InChI=1S/C17H27NO4/c1-4-6-12(2)14-7-5-8-15(20)17(3,22)10-9-13(19)11-16(21)18-14/h4-6,8,13-15,19-20,22H,1,7,9-11H2,2-3H3,(H,18,21)/t13-,14+,15+,17-/m1/s1. The van der Waals surface area contributed by atoms with Gasteiger partial charge < -0.3 is 20.6 Å². The van der Waals surface area contributed by atoms with Crippen LogP contribution in [0.4, 0.5) is 0 Å². The molecule has 124 valence electrons. The molecule has 0 aromatic heterocycles. The second-order valence-corrected chi connectivity index (χ2v) is 6.13. The van der Waals surface area contributed by atoms with Crippen LogP contribution in [0.25, 0.3) is 0 Å². The van der Waals surface area contributed by atoms with Gasteiger partial charge in [0.15, 0.2) is 0 Å². The number of allylic oxidation sites excluding steroid dienone is 2. The first-order chi connectivity index (χ1) is 10.3. The van der Waals surface area contributed by atoms with Gasteiger partial charge in [-0.25, -0.2) is 0 Å². The Bertz CT molecular complexity index is 454. The normalized spacial score (nSPS) is 35.2. The van der Waals surface area contributed by atoms with Gasteiger partial charge in [0.2, 0.25) is 5.91 Å². The minimum Gasteiger partial charge on any atom is -0.393 e. The SMILES string of the molecule is C=CC=C(C)[C@@H]1CC=C[C@H](O)[C@](C)(O)CC[C@@H](O)CC(=O)N1. The van der Waals surface area contributed by atoms with E-state index in [1.54, 1.807) is 12.2 Å². The average molecular weight is 309 g/mol. The summed E-state index contributed by atoms with van der Waals surface area (Å²) < 4.78 is 0. The van der Waals surface area contributed by atoms with Gasteiger partial charge in [-0.2, -0.15) is 0 Å². The highest BCUT2D eigenvalue weighted by atomic mass is 16.3. The van der Waals surface area contributed by atoms with E-state index in [0.29, 0.717) is 6.42 Å². The first kappa shape index (κ1) is 18.6. The van der Waals surface area contributed by atoms with Gasteiger partial charge in [-0.15, -0.1) is 0 Å². The zero-order chi connectivity index (χ0) is 16.8. The number of hydrogen-bond acceptors (Lipinski definition) is 4. The third-order valence-corrected chi connectivity index (χ3v) is 4.00. The largest absolute Gasteiger partial charge is 0.393 e. The Labute approximate surface area is 132 Å². The molecule has 0 aliphatic carbocycles. The smallest absolute Gasteiger partial charge is 0.223 e. The summed E-state index contributed by atoms with van der Waals surface area (Å²) in [5.74, 6) is -0.233. The van der Waals surface area contributed by atoms with Crippen LogP contribution in [0.1, 0.15) is 39.5 Å². The Balaban J connectivity index is 2.97. The van der Waals surface area contributed by atoms with Gasteiger partial charge in [-0.05, 0) is 33.1 Å². The van der Waals surface area contributed by atoms with Crippen molar-refractivity contribution in [2.75, 3.05) is 0 Å². The third kappa shape index (κ3) is 5.75. The lowest BCUT2D eigenvalue weighted by Crippen LogP contribution is -2.41. The highest BCUT2D eigenvalue weighted by Gasteiger charge is 2.30. The van der Waals surface area contributed by atoms with Crippen molar-refractivity contribution in [2.24, 2.45) is 0 Å². The summed E-state index contributed by atoms with van der Waals surface area (Å²) in [6, 6.07) is -0.231. The monoisotopic (exact) mass is 309 g/mol. The highest BCUT2D eigenvalue weighted by molar-refractivity contribution is 5.77. The second kappa shape index (κ2) is 8.27. The summed E-state index contributed by atoms with van der Waals surface area (Å²) in [5.41, 5.74) is -0.393. The molecule has 0 aromatic carbocycles. The Kier molecular flexibility index (Phi) is 7.00. The van der Waals surface area contributed by atoms with E-state index in [9.17, 15) is 20.1 Å². The molecular weight excluding hydrogens is 282 g/mol. The maximum Gasteiger partial charge on any atom is 0.223 e. The number of hydrogen-bond donors (Lipinski definition) is 4. The third-order valence-electron chi connectivity index (χ3n) is 4.00. The minimum absolute atomic E-state index is 0.0201. The first-order valence-electron chi connectivity index (χ1n) is 7.60. The Morgan fingerprint density at radius 2 is 2.18 bits per heavy atom.